The molecular formula is C47H51N7O7S. The molecule has 1 saturated carbocycles. The number of nitrogens with one attached hydrogen (secondary N) is 3. The molecule has 3 aromatic carbocycles. The second-order valence-corrected chi connectivity index (χ2v) is 16.5. The van der Waals surface area contributed by atoms with Gasteiger partial charge in [0.05, 0.1) is 47.4 Å². The molecule has 3 N–H and O–H groups in total. The van der Waals surface area contributed by atoms with Crippen molar-refractivity contribution >= 4 is 60.4 Å². The fourth-order valence-electron chi connectivity index (χ4n) is 8.24. The molecule has 1 unspecified atom stereocenters. The molecule has 3 heterocycles. The lowest BCUT2D eigenvalue weighted by Gasteiger charge is -2.34. The molecule has 62 heavy (non-hydrogen) atoms. The van der Waals surface area contributed by atoms with E-state index in [2.05, 4.69) is 32.7 Å². The fraction of sp³-hybridized carbons (Fsp3) is 0.362. The molecule has 2 aliphatic heterocycles. The smallest absolute Gasteiger partial charge is 0.319 e. The van der Waals surface area contributed by atoms with Gasteiger partial charge in [-0.3, -0.25) is 38.8 Å². The maximum Gasteiger partial charge on any atom is 0.319 e. The number of ketones is 3. The summed E-state index contributed by atoms with van der Waals surface area (Å²) in [6, 6.07) is 19.8. The van der Waals surface area contributed by atoms with Crippen molar-refractivity contribution in [3.8, 4) is 11.8 Å². The molecule has 0 spiro atoms. The maximum absolute atomic E-state index is 13.7. The van der Waals surface area contributed by atoms with E-state index in [1.165, 1.54) is 0 Å². The summed E-state index contributed by atoms with van der Waals surface area (Å²) in [5, 5.41) is 13.5. The number of imide groups is 1. The summed E-state index contributed by atoms with van der Waals surface area (Å²) in [7, 11) is 3.92. The number of nitrogens with zero attached hydrogens (tertiary/aromatic N) is 4. The van der Waals surface area contributed by atoms with Crippen LogP contribution in [-0.2, 0) is 21.7 Å². The average Bonchev–Trinajstić information content (AvgIpc) is 3.85. The molecule has 2 atom stereocenters. The van der Waals surface area contributed by atoms with Gasteiger partial charge in [0, 0.05) is 48.1 Å². The Bertz CT molecular complexity index is 2470. The summed E-state index contributed by atoms with van der Waals surface area (Å²) < 4.78 is 0. The van der Waals surface area contributed by atoms with Gasteiger partial charge < -0.3 is 20.4 Å². The zero-order valence-corrected chi connectivity index (χ0v) is 36.3. The van der Waals surface area contributed by atoms with Crippen LogP contribution in [0.2, 0.25) is 0 Å². The van der Waals surface area contributed by atoms with Crippen molar-refractivity contribution in [1.82, 2.24) is 30.2 Å². The number of likely N-dealkylation sites (N-methyl/N-ethyl adjacent to an activating group) is 1. The van der Waals surface area contributed by atoms with Gasteiger partial charge in [0.2, 0.25) is 0 Å². The van der Waals surface area contributed by atoms with E-state index in [4.69, 9.17) is 0 Å². The lowest BCUT2D eigenvalue weighted by Crippen LogP contribution is -2.48. The van der Waals surface area contributed by atoms with E-state index in [1.807, 2.05) is 63.2 Å². The van der Waals surface area contributed by atoms with Gasteiger partial charge >= 0.3 is 6.03 Å². The third-order valence-corrected chi connectivity index (χ3v) is 11.6. The number of carbonyl (C=O) groups is 7. The van der Waals surface area contributed by atoms with Crippen LogP contribution in [0.3, 0.4) is 0 Å². The van der Waals surface area contributed by atoms with Crippen LogP contribution in [0.4, 0.5) is 10.6 Å². The first-order chi connectivity index (χ1) is 29.2. The van der Waals surface area contributed by atoms with E-state index in [1.54, 1.807) is 47.4 Å². The Balaban J connectivity index is 0.00000641. The van der Waals surface area contributed by atoms with E-state index < -0.39 is 35.1 Å². The number of Topliss-reactive ketones (excluding diaryl/α,β-unsaturated/α-hetero) is 3. The quantitative estimate of drug-likeness (QED) is 0.0457. The van der Waals surface area contributed by atoms with Crippen LogP contribution in [0.15, 0.2) is 72.8 Å². The second kappa shape index (κ2) is 19.1. The number of anilines is 1. The molecule has 0 bridgehead atoms. The SMILES string of the molecule is CN(C)C[C@@H](NC(=O)N1Cc2c(NC(=O)c3ccc(C(=O)CCCCCC#Cc4cccc5c4C(=O)N(C4CCC(=O)CC4=O)C5=O)cc3)n[nH]c2C1(C)C)c1ccccc1.S. The summed E-state index contributed by atoms with van der Waals surface area (Å²) in [5.41, 5.74) is 3.42. The largest absolute Gasteiger partial charge is 0.330 e. The number of hydrogen-bond acceptors (Lipinski definition) is 9. The number of aromatic nitrogens is 2. The van der Waals surface area contributed by atoms with Crippen LogP contribution in [0.25, 0.3) is 0 Å². The first-order valence-corrected chi connectivity index (χ1v) is 20.6. The number of urea groups is 1. The molecule has 3 aliphatic rings. The molecule has 322 valence electrons. The molecule has 0 radical (unpaired) electrons. The van der Waals surface area contributed by atoms with E-state index in [9.17, 15) is 33.6 Å². The summed E-state index contributed by atoms with van der Waals surface area (Å²) in [5.74, 6) is 4.30. The number of unbranched alkanes of at least 4 members (excludes halogenated alkanes) is 3. The predicted molar refractivity (Wildman–Crippen MR) is 237 cm³/mol. The van der Waals surface area contributed by atoms with E-state index in [0.29, 0.717) is 48.3 Å². The Hall–Kier alpha value is -6.37. The topological polar surface area (TPSA) is 182 Å². The highest BCUT2D eigenvalue weighted by atomic mass is 32.1. The van der Waals surface area contributed by atoms with Crippen molar-refractivity contribution in [3.63, 3.8) is 0 Å². The van der Waals surface area contributed by atoms with Crippen molar-refractivity contribution in [2.75, 3.05) is 26.0 Å². The van der Waals surface area contributed by atoms with Gasteiger partial charge in [0.15, 0.2) is 17.4 Å². The van der Waals surface area contributed by atoms with Gasteiger partial charge in [-0.15, -0.1) is 0 Å². The van der Waals surface area contributed by atoms with Gasteiger partial charge in [-0.2, -0.15) is 18.6 Å². The third-order valence-electron chi connectivity index (χ3n) is 11.6. The van der Waals surface area contributed by atoms with Gasteiger partial charge in [-0.25, -0.2) is 4.79 Å². The molecule has 1 aliphatic carbocycles. The molecule has 7 rings (SSSR count). The third kappa shape index (κ3) is 9.41. The van der Waals surface area contributed by atoms with E-state index >= 15 is 0 Å². The van der Waals surface area contributed by atoms with Crippen molar-refractivity contribution in [2.24, 2.45) is 0 Å². The molecule has 4 aromatic rings. The number of amides is 5. The maximum atomic E-state index is 13.7. The van der Waals surface area contributed by atoms with Crippen LogP contribution >= 0.6 is 13.5 Å². The summed E-state index contributed by atoms with van der Waals surface area (Å²) in [4.78, 5) is 95.4. The molecule has 1 fully saturated rings. The van der Waals surface area contributed by atoms with Crippen molar-refractivity contribution < 1.29 is 33.6 Å². The van der Waals surface area contributed by atoms with Crippen LogP contribution in [0, 0.1) is 11.8 Å². The number of hydrogen-bond donors (Lipinski definition) is 3. The zero-order chi connectivity index (χ0) is 43.4. The van der Waals surface area contributed by atoms with Crippen LogP contribution in [-0.4, -0.2) is 92.7 Å². The highest BCUT2D eigenvalue weighted by Crippen LogP contribution is 2.41. The number of benzene rings is 3. The van der Waals surface area contributed by atoms with Gasteiger partial charge in [-0.05, 0) is 77.0 Å². The number of rotatable bonds is 13. The number of aromatic amines is 1. The summed E-state index contributed by atoms with van der Waals surface area (Å²) in [6.45, 7) is 4.74. The first kappa shape index (κ1) is 45.2. The van der Waals surface area contributed by atoms with Crippen LogP contribution in [0.5, 0.6) is 0 Å². The minimum atomic E-state index is -0.934. The van der Waals surface area contributed by atoms with E-state index in [-0.39, 0.29) is 74.1 Å². The van der Waals surface area contributed by atoms with Crippen molar-refractivity contribution in [1.29, 1.82) is 0 Å². The molecule has 15 heteroatoms. The normalized spacial score (nSPS) is 16.9. The first-order valence-electron chi connectivity index (χ1n) is 20.6. The predicted octanol–water partition coefficient (Wildman–Crippen LogP) is 6.31. The van der Waals surface area contributed by atoms with Crippen molar-refractivity contribution in [3.05, 3.63) is 117 Å². The molecule has 5 amide bonds. The number of H-pyrrole nitrogens is 1. The Morgan fingerprint density at radius 3 is 2.35 bits per heavy atom. The monoisotopic (exact) mass is 857 g/mol. The van der Waals surface area contributed by atoms with Gasteiger partial charge in [-0.1, -0.05) is 66.8 Å². The molecule has 0 saturated heterocycles. The minimum Gasteiger partial charge on any atom is -0.330 e. The van der Waals surface area contributed by atoms with Crippen LogP contribution < -0.4 is 10.6 Å². The van der Waals surface area contributed by atoms with Gasteiger partial charge in [0.25, 0.3) is 17.7 Å². The lowest BCUT2D eigenvalue weighted by atomic mass is 9.92. The van der Waals surface area contributed by atoms with E-state index in [0.717, 1.165) is 34.6 Å². The lowest BCUT2D eigenvalue weighted by molar-refractivity contribution is -0.132. The Morgan fingerprint density at radius 2 is 1.65 bits per heavy atom. The average molecular weight is 858 g/mol. The van der Waals surface area contributed by atoms with Gasteiger partial charge in [0.1, 0.15) is 5.78 Å². The Kier molecular flexibility index (Phi) is 13.9. The summed E-state index contributed by atoms with van der Waals surface area (Å²) in [6.07, 6.45) is 2.97. The highest BCUT2D eigenvalue weighted by molar-refractivity contribution is 7.59. The number of carbonyl (C=O) groups excluding carboxylic acids is 7. The second-order valence-electron chi connectivity index (χ2n) is 16.5. The minimum absolute atomic E-state index is 0. The Morgan fingerprint density at radius 1 is 0.919 bits per heavy atom. The number of fused-ring (bicyclic) bond motifs is 2. The molecular weight excluding hydrogens is 807 g/mol. The molecule has 14 nitrogen and oxygen atoms in total. The molecule has 1 aromatic heterocycles. The Labute approximate surface area is 367 Å². The fourth-order valence-corrected chi connectivity index (χ4v) is 8.24. The summed E-state index contributed by atoms with van der Waals surface area (Å²) >= 11 is 0. The van der Waals surface area contributed by atoms with Crippen LogP contribution in [0.1, 0.15) is 135 Å². The standard InChI is InChI=1S/C47H49N7O7.H2S/c1-47(2)41-35(27-53(47)46(61)48-36(28-52(3)4)29-14-10-8-11-15-29)42(51-50-41)49-43(58)32-22-20-30(21-23-32)38(56)19-12-7-5-6-9-16-31-17-13-18-34-40(31)45(60)54(44(34)59)37-25-24-33(55)26-39(37)57;/h8,10-11,13-15,17-18,20-23,36-37H,5-7,12,19,24-28H2,1-4H3,(H,48,61)(H2,49,50,51,58);1H2/t36-,37?;/m1./s1. The highest BCUT2D eigenvalue weighted by Gasteiger charge is 2.46. The zero-order valence-electron chi connectivity index (χ0n) is 35.3. The van der Waals surface area contributed by atoms with Crippen molar-refractivity contribution in [2.45, 2.75) is 89.4 Å².